The number of methoxy groups -OCH3 is 1. The van der Waals surface area contributed by atoms with Gasteiger partial charge < -0.3 is 20.1 Å². The first kappa shape index (κ1) is 25.9. The molecule has 1 aliphatic carbocycles. The number of ether oxygens (including phenoxy) is 1. The number of nitrogens with one attached hydrogen (secondary N) is 1. The maximum Gasteiger partial charge on any atom is 0.306 e. The zero-order valence-corrected chi connectivity index (χ0v) is 21.3. The number of carbonyl (C=O) groups excluding carboxylic acids is 2. The zero-order valence-electron chi connectivity index (χ0n) is 20.5. The van der Waals surface area contributed by atoms with Crippen LogP contribution in [-0.4, -0.2) is 65.2 Å². The monoisotopic (exact) mass is 521 g/mol. The standard InChI is InChI=1S/C25H29F2N3O5S/c1-35-20-6-5-16-19(29-20)7-8-30(24(32)13-9-14(10-13)25(33)34)21(16)23(31)28-15-11-17(26)22(18(27)12-15)36(2,3)4/h5-6,11-14,21H,7-10H2,1-4H3,(H,28,31)(H,33,34)/t13-,14+,21?. The summed E-state index contributed by atoms with van der Waals surface area (Å²) in [4.78, 5) is 43.8. The van der Waals surface area contributed by atoms with Gasteiger partial charge in [0.2, 0.25) is 11.8 Å². The van der Waals surface area contributed by atoms with Crippen molar-refractivity contribution in [1.29, 1.82) is 0 Å². The molecule has 1 fully saturated rings. The summed E-state index contributed by atoms with van der Waals surface area (Å²) in [5, 5.41) is 11.7. The smallest absolute Gasteiger partial charge is 0.306 e. The minimum absolute atomic E-state index is 0.00502. The highest BCUT2D eigenvalue weighted by Crippen LogP contribution is 2.48. The molecule has 2 heterocycles. The molecule has 1 aliphatic heterocycles. The quantitative estimate of drug-likeness (QED) is 0.602. The van der Waals surface area contributed by atoms with Gasteiger partial charge in [-0.2, -0.15) is 0 Å². The average Bonchev–Trinajstić information content (AvgIpc) is 2.74. The fourth-order valence-electron chi connectivity index (χ4n) is 4.78. The second-order valence-corrected chi connectivity index (χ2v) is 14.0. The number of aliphatic carboxylic acids is 1. The van der Waals surface area contributed by atoms with Gasteiger partial charge in [-0.05, 0) is 49.8 Å². The number of benzene rings is 1. The molecule has 36 heavy (non-hydrogen) atoms. The minimum atomic E-state index is -1.69. The third-order valence-electron chi connectivity index (χ3n) is 6.63. The third-order valence-corrected chi connectivity index (χ3v) is 8.25. The average molecular weight is 522 g/mol. The summed E-state index contributed by atoms with van der Waals surface area (Å²) in [5.41, 5.74) is 1.01. The van der Waals surface area contributed by atoms with Crippen LogP contribution in [0.4, 0.5) is 14.5 Å². The van der Waals surface area contributed by atoms with Gasteiger partial charge in [-0.1, -0.05) is 0 Å². The van der Waals surface area contributed by atoms with Crippen LogP contribution in [0.25, 0.3) is 0 Å². The van der Waals surface area contributed by atoms with Crippen LogP contribution in [-0.2, 0) is 20.8 Å². The predicted molar refractivity (Wildman–Crippen MR) is 131 cm³/mol. The van der Waals surface area contributed by atoms with E-state index in [-0.39, 0.29) is 35.9 Å². The van der Waals surface area contributed by atoms with Crippen molar-refractivity contribution in [2.24, 2.45) is 11.8 Å². The van der Waals surface area contributed by atoms with Gasteiger partial charge in [-0.15, -0.1) is 0 Å². The van der Waals surface area contributed by atoms with Crippen molar-refractivity contribution in [2.75, 3.05) is 37.7 Å². The van der Waals surface area contributed by atoms with E-state index in [9.17, 15) is 28.3 Å². The van der Waals surface area contributed by atoms with Crippen LogP contribution in [0.15, 0.2) is 29.2 Å². The zero-order chi connectivity index (χ0) is 26.4. The van der Waals surface area contributed by atoms with Crippen LogP contribution < -0.4 is 10.1 Å². The molecule has 4 rings (SSSR count). The van der Waals surface area contributed by atoms with E-state index in [0.29, 0.717) is 23.6 Å². The molecule has 0 radical (unpaired) electrons. The first-order valence-corrected chi connectivity index (χ1v) is 14.3. The van der Waals surface area contributed by atoms with Crippen LogP contribution >= 0.6 is 10.0 Å². The SMILES string of the molecule is COc1ccc2c(n1)CCN(C(=O)[C@H]1C[C@@H](C(=O)O)C1)C2C(=O)Nc1cc(F)c(S(C)(C)C)c(F)c1. The van der Waals surface area contributed by atoms with E-state index in [1.807, 2.05) is 0 Å². The number of carboxylic acids is 1. The number of hydrogen-bond acceptors (Lipinski definition) is 5. The lowest BCUT2D eigenvalue weighted by atomic mass is 9.73. The van der Waals surface area contributed by atoms with E-state index in [1.165, 1.54) is 12.0 Å². The number of hydrogen-bond donors (Lipinski definition) is 2. The molecule has 1 aromatic heterocycles. The molecule has 1 unspecified atom stereocenters. The maximum absolute atomic E-state index is 14.8. The molecule has 0 spiro atoms. The van der Waals surface area contributed by atoms with Crippen LogP contribution in [0.3, 0.4) is 0 Å². The molecule has 1 aromatic carbocycles. The van der Waals surface area contributed by atoms with E-state index in [2.05, 4.69) is 10.3 Å². The van der Waals surface area contributed by atoms with Crippen molar-refractivity contribution in [3.8, 4) is 5.88 Å². The Morgan fingerprint density at radius 1 is 1.11 bits per heavy atom. The normalized spacial score (nSPS) is 21.7. The molecular formula is C25H29F2N3O5S. The summed E-state index contributed by atoms with van der Waals surface area (Å²) in [7, 11) is -0.219. The van der Waals surface area contributed by atoms with Crippen LogP contribution in [0.1, 0.15) is 30.1 Å². The molecule has 0 saturated heterocycles. The summed E-state index contributed by atoms with van der Waals surface area (Å²) in [6, 6.07) is 4.30. The number of carbonyl (C=O) groups is 3. The van der Waals surface area contributed by atoms with E-state index in [4.69, 9.17) is 4.74 Å². The number of aromatic nitrogens is 1. The summed E-state index contributed by atoms with van der Waals surface area (Å²) < 4.78 is 34.7. The molecule has 2 amide bonds. The van der Waals surface area contributed by atoms with Gasteiger partial charge in [0.15, 0.2) is 0 Å². The second kappa shape index (κ2) is 9.68. The molecule has 2 aromatic rings. The van der Waals surface area contributed by atoms with Crippen molar-refractivity contribution < 1.29 is 33.0 Å². The first-order chi connectivity index (χ1) is 16.9. The number of fused-ring (bicyclic) bond motifs is 1. The van der Waals surface area contributed by atoms with Crippen LogP contribution in [0, 0.1) is 23.5 Å². The van der Waals surface area contributed by atoms with E-state index >= 15 is 0 Å². The van der Waals surface area contributed by atoms with Crippen molar-refractivity contribution in [3.63, 3.8) is 0 Å². The molecule has 8 nitrogen and oxygen atoms in total. The van der Waals surface area contributed by atoms with Gasteiger partial charge in [0.05, 0.1) is 23.6 Å². The first-order valence-electron chi connectivity index (χ1n) is 11.5. The van der Waals surface area contributed by atoms with E-state index < -0.39 is 51.4 Å². The highest BCUT2D eigenvalue weighted by atomic mass is 32.3. The van der Waals surface area contributed by atoms with Gasteiger partial charge in [0.1, 0.15) is 17.7 Å². The second-order valence-electron chi connectivity index (χ2n) is 9.87. The highest BCUT2D eigenvalue weighted by molar-refractivity contribution is 8.32. The number of nitrogens with zero attached hydrogens (tertiary/aromatic N) is 2. The van der Waals surface area contributed by atoms with E-state index in [1.54, 1.807) is 30.9 Å². The third kappa shape index (κ3) is 4.88. The van der Waals surface area contributed by atoms with Crippen molar-refractivity contribution in [2.45, 2.75) is 30.2 Å². The Kier molecular flexibility index (Phi) is 6.96. The molecule has 1 saturated carbocycles. The van der Waals surface area contributed by atoms with Gasteiger partial charge in [-0.25, -0.2) is 23.8 Å². The minimum Gasteiger partial charge on any atom is -0.481 e. The fourth-order valence-corrected chi connectivity index (χ4v) is 6.07. The highest BCUT2D eigenvalue weighted by Gasteiger charge is 2.45. The largest absolute Gasteiger partial charge is 0.481 e. The summed E-state index contributed by atoms with van der Waals surface area (Å²) in [5.74, 6) is -4.12. The molecule has 2 N–H and O–H groups in total. The summed E-state index contributed by atoms with van der Waals surface area (Å²) >= 11 is 0. The number of amides is 2. The lowest BCUT2D eigenvalue weighted by molar-refractivity contribution is -0.154. The number of carboxylic acid groups (broad SMARTS) is 1. The number of pyridine rings is 1. The van der Waals surface area contributed by atoms with Crippen molar-refractivity contribution in [1.82, 2.24) is 9.88 Å². The topological polar surface area (TPSA) is 109 Å². The number of halogens is 2. The Labute approximate surface area is 209 Å². The maximum atomic E-state index is 14.8. The summed E-state index contributed by atoms with van der Waals surface area (Å²) in [6.07, 6.45) is 6.10. The van der Waals surface area contributed by atoms with Gasteiger partial charge in [0, 0.05) is 36.2 Å². The van der Waals surface area contributed by atoms with Gasteiger partial charge >= 0.3 is 5.97 Å². The Balaban J connectivity index is 1.65. The fraction of sp³-hybridized carbons (Fsp3) is 0.440. The molecular weight excluding hydrogens is 492 g/mol. The van der Waals surface area contributed by atoms with Gasteiger partial charge in [-0.3, -0.25) is 14.4 Å². The van der Waals surface area contributed by atoms with E-state index in [0.717, 1.165) is 12.1 Å². The molecule has 0 bridgehead atoms. The Bertz CT molecular complexity index is 1200. The molecule has 11 heteroatoms. The Morgan fingerprint density at radius 3 is 2.31 bits per heavy atom. The molecule has 194 valence electrons. The molecule has 1 atom stereocenters. The van der Waals surface area contributed by atoms with Gasteiger partial charge in [0.25, 0.3) is 5.91 Å². The molecule has 2 aliphatic rings. The van der Waals surface area contributed by atoms with Crippen LogP contribution in [0.5, 0.6) is 5.88 Å². The number of rotatable bonds is 6. The van der Waals surface area contributed by atoms with Crippen molar-refractivity contribution >= 4 is 33.5 Å². The lowest BCUT2D eigenvalue weighted by Crippen LogP contribution is -2.50. The summed E-state index contributed by atoms with van der Waals surface area (Å²) in [6.45, 7) is 0.188. The van der Waals surface area contributed by atoms with Crippen LogP contribution in [0.2, 0.25) is 0 Å². The lowest BCUT2D eigenvalue weighted by Gasteiger charge is -2.41. The van der Waals surface area contributed by atoms with Crippen molar-refractivity contribution in [3.05, 3.63) is 47.2 Å². The predicted octanol–water partition coefficient (Wildman–Crippen LogP) is 3.60. The Morgan fingerprint density at radius 2 is 1.75 bits per heavy atom. The Hall–Kier alpha value is -3.21. The number of anilines is 1.